The second-order valence-corrected chi connectivity index (χ2v) is 3.36. The Morgan fingerprint density at radius 1 is 1.29 bits per heavy atom. The van der Waals surface area contributed by atoms with E-state index in [-0.39, 0.29) is 6.42 Å². The second-order valence-electron chi connectivity index (χ2n) is 2.93. The number of nitriles is 1. The van der Waals surface area contributed by atoms with Crippen LogP contribution in [0.25, 0.3) is 0 Å². The molecule has 2 N–H and O–H groups in total. The van der Waals surface area contributed by atoms with E-state index < -0.39 is 12.2 Å². The van der Waals surface area contributed by atoms with Crippen molar-refractivity contribution >= 4 is 11.6 Å². The van der Waals surface area contributed by atoms with Gasteiger partial charge in [-0.15, -0.1) is 0 Å². The lowest BCUT2D eigenvalue weighted by molar-refractivity contribution is 0.0216. The van der Waals surface area contributed by atoms with E-state index in [1.165, 1.54) is 0 Å². The molecule has 2 unspecified atom stereocenters. The van der Waals surface area contributed by atoms with Gasteiger partial charge in [-0.25, -0.2) is 0 Å². The zero-order valence-corrected chi connectivity index (χ0v) is 8.15. The number of aliphatic hydroxyl groups excluding tert-OH is 2. The van der Waals surface area contributed by atoms with Crippen LogP contribution in [-0.2, 0) is 0 Å². The van der Waals surface area contributed by atoms with Gasteiger partial charge in [0, 0.05) is 5.02 Å². The van der Waals surface area contributed by atoms with Crippen LogP contribution in [0.5, 0.6) is 0 Å². The van der Waals surface area contributed by atoms with Crippen LogP contribution in [0.1, 0.15) is 18.1 Å². The van der Waals surface area contributed by atoms with E-state index in [4.69, 9.17) is 16.9 Å². The lowest BCUT2D eigenvalue weighted by Crippen LogP contribution is -2.17. The maximum absolute atomic E-state index is 9.57. The molecule has 0 aliphatic carbocycles. The Kier molecular flexibility index (Phi) is 3.90. The van der Waals surface area contributed by atoms with Crippen LogP contribution in [0.15, 0.2) is 24.3 Å². The van der Waals surface area contributed by atoms with E-state index in [2.05, 4.69) is 0 Å². The number of hydrogen-bond donors (Lipinski definition) is 2. The molecule has 0 aromatic heterocycles. The molecule has 0 aliphatic heterocycles. The summed E-state index contributed by atoms with van der Waals surface area (Å²) < 4.78 is 0. The molecule has 3 nitrogen and oxygen atoms in total. The third-order valence-corrected chi connectivity index (χ3v) is 2.13. The number of benzene rings is 1. The number of rotatable bonds is 3. The van der Waals surface area contributed by atoms with Gasteiger partial charge in [0.05, 0.1) is 18.6 Å². The van der Waals surface area contributed by atoms with Gasteiger partial charge in [-0.1, -0.05) is 23.7 Å². The van der Waals surface area contributed by atoms with Crippen LogP contribution in [0, 0.1) is 11.3 Å². The van der Waals surface area contributed by atoms with Gasteiger partial charge in [-0.05, 0) is 17.7 Å². The van der Waals surface area contributed by atoms with E-state index in [1.54, 1.807) is 30.3 Å². The summed E-state index contributed by atoms with van der Waals surface area (Å²) in [5.41, 5.74) is 0.553. The molecule has 1 aromatic rings. The highest BCUT2D eigenvalue weighted by Crippen LogP contribution is 2.20. The van der Waals surface area contributed by atoms with Crippen molar-refractivity contribution in [2.45, 2.75) is 18.6 Å². The molecular formula is C10H10ClNO2. The fourth-order valence-electron chi connectivity index (χ4n) is 1.09. The van der Waals surface area contributed by atoms with Gasteiger partial charge < -0.3 is 10.2 Å². The highest BCUT2D eigenvalue weighted by Gasteiger charge is 2.17. The molecule has 0 saturated heterocycles. The number of nitrogens with zero attached hydrogens (tertiary/aromatic N) is 1. The van der Waals surface area contributed by atoms with Crippen molar-refractivity contribution in [2.24, 2.45) is 0 Å². The Hall–Kier alpha value is -1.08. The van der Waals surface area contributed by atoms with E-state index in [9.17, 15) is 10.2 Å². The lowest BCUT2D eigenvalue weighted by Gasteiger charge is -2.15. The minimum Gasteiger partial charge on any atom is -0.389 e. The Balaban J connectivity index is 2.74. The topological polar surface area (TPSA) is 64.2 Å². The van der Waals surface area contributed by atoms with Gasteiger partial charge >= 0.3 is 0 Å². The minimum absolute atomic E-state index is 0.0935. The van der Waals surface area contributed by atoms with E-state index in [0.29, 0.717) is 10.6 Å². The predicted octanol–water partition coefficient (Wildman–Crippen LogP) is 1.65. The zero-order valence-electron chi connectivity index (χ0n) is 7.39. The molecule has 74 valence electrons. The molecule has 0 saturated carbocycles. The summed E-state index contributed by atoms with van der Waals surface area (Å²) in [5.74, 6) is 0. The van der Waals surface area contributed by atoms with Crippen molar-refractivity contribution in [3.63, 3.8) is 0 Å². The van der Waals surface area contributed by atoms with Crippen molar-refractivity contribution in [3.05, 3.63) is 34.9 Å². The summed E-state index contributed by atoms with van der Waals surface area (Å²) >= 11 is 5.66. The normalized spacial score (nSPS) is 14.4. The first-order chi connectivity index (χ1) is 6.65. The summed E-state index contributed by atoms with van der Waals surface area (Å²) in [6, 6.07) is 8.28. The van der Waals surface area contributed by atoms with E-state index in [1.807, 2.05) is 0 Å². The van der Waals surface area contributed by atoms with Gasteiger partial charge in [0.2, 0.25) is 0 Å². The Bertz CT molecular complexity index is 331. The molecule has 0 bridgehead atoms. The van der Waals surface area contributed by atoms with Crippen molar-refractivity contribution in [1.82, 2.24) is 0 Å². The summed E-state index contributed by atoms with van der Waals surface area (Å²) in [5, 5.41) is 27.8. The van der Waals surface area contributed by atoms with Crippen LogP contribution < -0.4 is 0 Å². The van der Waals surface area contributed by atoms with Crippen LogP contribution >= 0.6 is 11.6 Å². The van der Waals surface area contributed by atoms with Gasteiger partial charge in [-0.2, -0.15) is 5.26 Å². The molecule has 0 amide bonds. The molecule has 0 radical (unpaired) electrons. The summed E-state index contributed by atoms with van der Waals surface area (Å²) in [7, 11) is 0. The summed E-state index contributed by atoms with van der Waals surface area (Å²) in [6.07, 6.45) is -2.18. The predicted molar refractivity (Wildman–Crippen MR) is 52.6 cm³/mol. The van der Waals surface area contributed by atoms with Crippen LogP contribution in [0.3, 0.4) is 0 Å². The molecule has 2 atom stereocenters. The fraction of sp³-hybridized carbons (Fsp3) is 0.300. The minimum atomic E-state index is -1.05. The zero-order chi connectivity index (χ0) is 10.6. The van der Waals surface area contributed by atoms with Gasteiger partial charge in [0.15, 0.2) is 0 Å². The maximum atomic E-state index is 9.57. The third-order valence-electron chi connectivity index (χ3n) is 1.88. The van der Waals surface area contributed by atoms with Crippen LogP contribution in [0.4, 0.5) is 0 Å². The van der Waals surface area contributed by atoms with Crippen LogP contribution in [0.2, 0.25) is 5.02 Å². The second kappa shape index (κ2) is 4.97. The van der Waals surface area contributed by atoms with Crippen molar-refractivity contribution in [1.29, 1.82) is 5.26 Å². The molecule has 0 spiro atoms. The average molecular weight is 212 g/mol. The Labute approximate surface area is 87.2 Å². The molecule has 1 rings (SSSR count). The van der Waals surface area contributed by atoms with Crippen molar-refractivity contribution in [3.8, 4) is 6.07 Å². The van der Waals surface area contributed by atoms with Gasteiger partial charge in [0.1, 0.15) is 6.10 Å². The first-order valence-corrected chi connectivity index (χ1v) is 4.51. The van der Waals surface area contributed by atoms with E-state index in [0.717, 1.165) is 0 Å². The molecule has 1 aromatic carbocycles. The highest BCUT2D eigenvalue weighted by molar-refractivity contribution is 6.30. The quantitative estimate of drug-likeness (QED) is 0.799. The first kappa shape index (κ1) is 11.0. The summed E-state index contributed by atoms with van der Waals surface area (Å²) in [4.78, 5) is 0. The van der Waals surface area contributed by atoms with Crippen molar-refractivity contribution < 1.29 is 10.2 Å². The maximum Gasteiger partial charge on any atom is 0.106 e. The van der Waals surface area contributed by atoms with E-state index >= 15 is 0 Å². The number of aliphatic hydroxyl groups is 2. The Morgan fingerprint density at radius 2 is 1.86 bits per heavy atom. The molecule has 0 fully saturated rings. The van der Waals surface area contributed by atoms with Crippen LogP contribution in [-0.4, -0.2) is 16.3 Å². The van der Waals surface area contributed by atoms with Crippen molar-refractivity contribution in [2.75, 3.05) is 0 Å². The third kappa shape index (κ3) is 2.71. The first-order valence-electron chi connectivity index (χ1n) is 4.13. The average Bonchev–Trinajstić information content (AvgIpc) is 2.18. The van der Waals surface area contributed by atoms with Gasteiger partial charge in [0.25, 0.3) is 0 Å². The SMILES string of the molecule is N#CCC(O)C(O)c1ccc(Cl)cc1. The smallest absolute Gasteiger partial charge is 0.106 e. The monoisotopic (exact) mass is 211 g/mol. The molecule has 14 heavy (non-hydrogen) atoms. The molecule has 0 aliphatic rings. The Morgan fingerprint density at radius 3 is 2.36 bits per heavy atom. The summed E-state index contributed by atoms with van der Waals surface area (Å²) in [6.45, 7) is 0. The number of hydrogen-bond acceptors (Lipinski definition) is 3. The fourth-order valence-corrected chi connectivity index (χ4v) is 1.21. The molecule has 4 heteroatoms. The molecular weight excluding hydrogens is 202 g/mol. The lowest BCUT2D eigenvalue weighted by atomic mass is 10.0. The van der Waals surface area contributed by atoms with Gasteiger partial charge in [-0.3, -0.25) is 0 Å². The molecule has 0 heterocycles. The standard InChI is InChI=1S/C10H10ClNO2/c11-8-3-1-7(2-4-8)10(14)9(13)5-6-12/h1-4,9-10,13-14H,5H2. The largest absolute Gasteiger partial charge is 0.389 e. The number of halogens is 1. The highest BCUT2D eigenvalue weighted by atomic mass is 35.5.